The number of benzene rings is 1. The smallest absolute Gasteiger partial charge is 0.305 e. The summed E-state index contributed by atoms with van der Waals surface area (Å²) in [4.78, 5) is 13.6. The lowest BCUT2D eigenvalue weighted by molar-refractivity contribution is -0.387. The van der Waals surface area contributed by atoms with Crippen molar-refractivity contribution < 1.29 is 14.1 Å². The zero-order valence-electron chi connectivity index (χ0n) is 9.14. The van der Waals surface area contributed by atoms with Crippen LogP contribution in [0.2, 0.25) is 5.02 Å². The van der Waals surface area contributed by atoms with Crippen molar-refractivity contribution in [1.82, 2.24) is 4.98 Å². The normalized spacial score (nSPS) is 10.3. The van der Waals surface area contributed by atoms with Crippen LogP contribution in [-0.4, -0.2) is 9.91 Å². The Morgan fingerprint density at radius 1 is 1.42 bits per heavy atom. The maximum Gasteiger partial charge on any atom is 0.305 e. The quantitative estimate of drug-likeness (QED) is 0.612. The second-order valence-electron chi connectivity index (χ2n) is 3.41. The minimum Gasteiger partial charge on any atom is -0.437 e. The summed E-state index contributed by atoms with van der Waals surface area (Å²) in [6.07, 6.45) is 1.46. The predicted molar refractivity (Wildman–Crippen MR) is 70.1 cm³/mol. The minimum atomic E-state index is -0.990. The topological polar surface area (TPSA) is 65.3 Å². The van der Waals surface area contributed by atoms with Crippen molar-refractivity contribution in [2.24, 2.45) is 0 Å². The highest BCUT2D eigenvalue weighted by Crippen LogP contribution is 2.31. The van der Waals surface area contributed by atoms with Crippen LogP contribution in [0.5, 0.6) is 11.6 Å². The first-order chi connectivity index (χ1) is 8.97. The lowest BCUT2D eigenvalue weighted by Crippen LogP contribution is -1.94. The SMILES string of the molecule is O=[N+]([O-])c1ccc(Oc2ncc(Br)cc2Cl)cc1F. The minimum absolute atomic E-state index is 0.0693. The van der Waals surface area contributed by atoms with E-state index in [0.717, 1.165) is 12.1 Å². The lowest BCUT2D eigenvalue weighted by Gasteiger charge is -2.06. The molecule has 0 amide bonds. The molecule has 0 N–H and O–H groups in total. The molecule has 5 nitrogen and oxygen atoms in total. The number of nitro groups is 1. The van der Waals surface area contributed by atoms with Gasteiger partial charge in [0.15, 0.2) is 0 Å². The molecule has 0 radical (unpaired) electrons. The number of hydrogen-bond acceptors (Lipinski definition) is 4. The molecule has 1 heterocycles. The molecule has 0 bridgehead atoms. The fraction of sp³-hybridized carbons (Fsp3) is 0. The second-order valence-corrected chi connectivity index (χ2v) is 4.74. The van der Waals surface area contributed by atoms with Gasteiger partial charge in [-0.3, -0.25) is 10.1 Å². The van der Waals surface area contributed by atoms with Gasteiger partial charge in [-0.05, 0) is 28.1 Å². The zero-order chi connectivity index (χ0) is 14.0. The first-order valence-corrected chi connectivity index (χ1v) is 6.07. The van der Waals surface area contributed by atoms with E-state index in [-0.39, 0.29) is 16.7 Å². The van der Waals surface area contributed by atoms with Gasteiger partial charge in [0.1, 0.15) is 10.8 Å². The van der Waals surface area contributed by atoms with Crippen LogP contribution in [-0.2, 0) is 0 Å². The Bertz CT molecular complexity index is 654. The average molecular weight is 348 g/mol. The number of rotatable bonds is 3. The van der Waals surface area contributed by atoms with Crippen LogP contribution in [0.15, 0.2) is 34.9 Å². The monoisotopic (exact) mass is 346 g/mol. The molecule has 0 aliphatic heterocycles. The maximum atomic E-state index is 13.4. The Morgan fingerprint density at radius 2 is 2.16 bits per heavy atom. The first kappa shape index (κ1) is 13.7. The molecular formula is C11H5BrClFN2O3. The molecule has 0 atom stereocenters. The van der Waals surface area contributed by atoms with E-state index >= 15 is 0 Å². The number of ether oxygens (including phenoxy) is 1. The Kier molecular flexibility index (Phi) is 3.96. The van der Waals surface area contributed by atoms with Gasteiger partial charge < -0.3 is 4.74 Å². The van der Waals surface area contributed by atoms with E-state index in [2.05, 4.69) is 20.9 Å². The number of aromatic nitrogens is 1. The third-order valence-electron chi connectivity index (χ3n) is 2.10. The maximum absolute atomic E-state index is 13.4. The summed E-state index contributed by atoms with van der Waals surface area (Å²) in [6.45, 7) is 0. The summed E-state index contributed by atoms with van der Waals surface area (Å²) in [7, 11) is 0. The van der Waals surface area contributed by atoms with E-state index in [0.29, 0.717) is 4.47 Å². The number of halogens is 3. The number of nitro benzene ring substituents is 1. The number of pyridine rings is 1. The zero-order valence-corrected chi connectivity index (χ0v) is 11.5. The van der Waals surface area contributed by atoms with Crippen LogP contribution >= 0.6 is 27.5 Å². The molecule has 1 aromatic carbocycles. The summed E-state index contributed by atoms with van der Waals surface area (Å²) in [6, 6.07) is 4.74. The fourth-order valence-electron chi connectivity index (χ4n) is 1.29. The number of hydrogen-bond donors (Lipinski definition) is 0. The Balaban J connectivity index is 2.29. The highest BCUT2D eigenvalue weighted by atomic mass is 79.9. The summed E-state index contributed by atoms with van der Waals surface area (Å²) in [5.41, 5.74) is -0.623. The van der Waals surface area contributed by atoms with E-state index in [4.69, 9.17) is 16.3 Å². The lowest BCUT2D eigenvalue weighted by atomic mass is 10.3. The van der Waals surface area contributed by atoms with Gasteiger partial charge in [0.05, 0.1) is 4.92 Å². The molecule has 2 aromatic rings. The molecule has 0 spiro atoms. The van der Waals surface area contributed by atoms with Gasteiger partial charge >= 0.3 is 5.69 Å². The van der Waals surface area contributed by atoms with Crippen molar-refractivity contribution in [2.45, 2.75) is 0 Å². The van der Waals surface area contributed by atoms with Gasteiger partial charge in [0, 0.05) is 22.8 Å². The summed E-state index contributed by atoms with van der Waals surface area (Å²) in [5, 5.41) is 10.7. The van der Waals surface area contributed by atoms with Crippen LogP contribution in [0.4, 0.5) is 10.1 Å². The van der Waals surface area contributed by atoms with Crippen LogP contribution in [0.1, 0.15) is 0 Å². The molecule has 19 heavy (non-hydrogen) atoms. The summed E-state index contributed by atoms with van der Waals surface area (Å²) < 4.78 is 19.3. The number of nitrogens with zero attached hydrogens (tertiary/aromatic N) is 2. The Morgan fingerprint density at radius 3 is 2.74 bits per heavy atom. The first-order valence-electron chi connectivity index (χ1n) is 4.90. The summed E-state index contributed by atoms with van der Waals surface area (Å²) >= 11 is 9.06. The molecule has 0 aliphatic rings. The summed E-state index contributed by atoms with van der Waals surface area (Å²) in [5.74, 6) is -0.839. The molecule has 2 rings (SSSR count). The van der Waals surface area contributed by atoms with Crippen molar-refractivity contribution in [3.05, 3.63) is 55.9 Å². The standard InChI is InChI=1S/C11H5BrClFN2O3/c12-6-3-8(13)11(15-5-6)19-7-1-2-10(16(17)18)9(14)4-7/h1-5H. The Hall–Kier alpha value is -1.73. The van der Waals surface area contributed by atoms with Crippen LogP contribution < -0.4 is 4.74 Å². The predicted octanol–water partition coefficient (Wildman–Crippen LogP) is 4.34. The van der Waals surface area contributed by atoms with Gasteiger partial charge in [0.25, 0.3) is 0 Å². The van der Waals surface area contributed by atoms with E-state index < -0.39 is 16.4 Å². The molecule has 8 heteroatoms. The third-order valence-corrected chi connectivity index (χ3v) is 2.81. The van der Waals surface area contributed by atoms with Crippen LogP contribution in [0.3, 0.4) is 0 Å². The molecule has 0 aliphatic carbocycles. The van der Waals surface area contributed by atoms with Crippen molar-refractivity contribution >= 4 is 33.2 Å². The van der Waals surface area contributed by atoms with E-state index in [9.17, 15) is 14.5 Å². The van der Waals surface area contributed by atoms with Crippen molar-refractivity contribution in [3.8, 4) is 11.6 Å². The largest absolute Gasteiger partial charge is 0.437 e. The molecule has 0 saturated heterocycles. The second kappa shape index (κ2) is 5.50. The molecule has 1 aromatic heterocycles. The molecular weight excluding hydrogens is 342 g/mol. The fourth-order valence-corrected chi connectivity index (χ4v) is 1.96. The van der Waals surface area contributed by atoms with Gasteiger partial charge in [-0.25, -0.2) is 4.98 Å². The third kappa shape index (κ3) is 3.18. The van der Waals surface area contributed by atoms with E-state index in [1.807, 2.05) is 0 Å². The van der Waals surface area contributed by atoms with Gasteiger partial charge in [-0.15, -0.1) is 0 Å². The highest BCUT2D eigenvalue weighted by molar-refractivity contribution is 9.10. The Labute approximate surface area is 120 Å². The van der Waals surface area contributed by atoms with Crippen LogP contribution in [0, 0.1) is 15.9 Å². The average Bonchev–Trinajstić information content (AvgIpc) is 2.32. The molecule has 0 saturated carbocycles. The van der Waals surface area contributed by atoms with Gasteiger partial charge in [-0.1, -0.05) is 11.6 Å². The van der Waals surface area contributed by atoms with Crippen molar-refractivity contribution in [1.29, 1.82) is 0 Å². The van der Waals surface area contributed by atoms with Crippen molar-refractivity contribution in [3.63, 3.8) is 0 Å². The van der Waals surface area contributed by atoms with Crippen molar-refractivity contribution in [2.75, 3.05) is 0 Å². The van der Waals surface area contributed by atoms with E-state index in [1.165, 1.54) is 12.3 Å². The van der Waals surface area contributed by atoms with Gasteiger partial charge in [-0.2, -0.15) is 4.39 Å². The van der Waals surface area contributed by atoms with Gasteiger partial charge in [0.2, 0.25) is 11.7 Å². The molecule has 0 fully saturated rings. The molecule has 98 valence electrons. The van der Waals surface area contributed by atoms with E-state index in [1.54, 1.807) is 6.07 Å². The molecule has 0 unspecified atom stereocenters. The van der Waals surface area contributed by atoms with Crippen LogP contribution in [0.25, 0.3) is 0 Å². The highest BCUT2D eigenvalue weighted by Gasteiger charge is 2.15.